The number of aryl methyl sites for hydroxylation is 1. The quantitative estimate of drug-likeness (QED) is 0.830. The highest BCUT2D eigenvalue weighted by atomic mass is 15.2. The molecule has 1 aliphatic rings. The normalized spacial score (nSPS) is 19.3. The molecule has 0 saturated heterocycles. The fourth-order valence-electron chi connectivity index (χ4n) is 2.18. The monoisotopic (exact) mass is 220 g/mol. The Morgan fingerprint density at radius 1 is 1.44 bits per heavy atom. The summed E-state index contributed by atoms with van der Waals surface area (Å²) in [6.07, 6.45) is 4.91. The average molecular weight is 220 g/mol. The predicted molar refractivity (Wildman–Crippen MR) is 65.6 cm³/mol. The number of aromatic nitrogens is 2. The van der Waals surface area contributed by atoms with Gasteiger partial charge in [-0.25, -0.2) is 9.97 Å². The molecule has 0 aliphatic heterocycles. The lowest BCUT2D eigenvalue weighted by atomic mass is 9.94. The molecule has 0 unspecified atom stereocenters. The number of anilines is 1. The minimum Gasteiger partial charge on any atom is -0.341 e. The van der Waals surface area contributed by atoms with Gasteiger partial charge in [0.25, 0.3) is 0 Å². The minimum absolute atomic E-state index is 0.287. The molecule has 0 bridgehead atoms. The Morgan fingerprint density at radius 2 is 2.19 bits per heavy atom. The molecular formula is C12H20N4. The second-order valence-corrected chi connectivity index (χ2v) is 4.32. The number of nitrogens with two attached hydrogens (primary N) is 1. The van der Waals surface area contributed by atoms with Crippen LogP contribution in [0.1, 0.15) is 31.5 Å². The number of hydrogen-bond donors (Lipinski definition) is 1. The maximum absolute atomic E-state index is 5.93. The molecule has 1 heterocycles. The fourth-order valence-corrected chi connectivity index (χ4v) is 2.18. The van der Waals surface area contributed by atoms with E-state index in [0.29, 0.717) is 0 Å². The van der Waals surface area contributed by atoms with Gasteiger partial charge in [0.2, 0.25) is 5.95 Å². The van der Waals surface area contributed by atoms with Gasteiger partial charge in [-0.1, -0.05) is 0 Å². The van der Waals surface area contributed by atoms with Crippen molar-refractivity contribution in [2.24, 2.45) is 5.73 Å². The van der Waals surface area contributed by atoms with Gasteiger partial charge >= 0.3 is 0 Å². The molecule has 16 heavy (non-hydrogen) atoms. The topological polar surface area (TPSA) is 55.0 Å². The van der Waals surface area contributed by atoms with Crippen LogP contribution >= 0.6 is 0 Å². The van der Waals surface area contributed by atoms with Crippen LogP contribution in [-0.4, -0.2) is 29.1 Å². The van der Waals surface area contributed by atoms with E-state index in [9.17, 15) is 0 Å². The summed E-state index contributed by atoms with van der Waals surface area (Å²) in [5.41, 5.74) is 8.36. The molecule has 1 aliphatic carbocycles. The molecule has 4 nitrogen and oxygen atoms in total. The fraction of sp³-hybridized carbons (Fsp3) is 0.667. The highest BCUT2D eigenvalue weighted by molar-refractivity contribution is 5.34. The Hall–Kier alpha value is -1.16. The molecule has 0 radical (unpaired) electrons. The Morgan fingerprint density at radius 3 is 2.88 bits per heavy atom. The van der Waals surface area contributed by atoms with Crippen molar-refractivity contribution in [2.75, 3.05) is 18.0 Å². The van der Waals surface area contributed by atoms with Crippen LogP contribution in [0, 0.1) is 0 Å². The molecule has 0 fully saturated rings. The average Bonchev–Trinajstić information content (AvgIpc) is 2.31. The zero-order valence-electron chi connectivity index (χ0n) is 10.1. The molecule has 0 amide bonds. The van der Waals surface area contributed by atoms with Gasteiger partial charge in [-0.3, -0.25) is 0 Å². The van der Waals surface area contributed by atoms with Gasteiger partial charge in [-0.2, -0.15) is 0 Å². The maximum atomic E-state index is 5.93. The van der Waals surface area contributed by atoms with Crippen molar-refractivity contribution in [3.05, 3.63) is 17.5 Å². The number of fused-ring (bicyclic) bond motifs is 1. The van der Waals surface area contributed by atoms with Gasteiger partial charge in [0.1, 0.15) is 0 Å². The van der Waals surface area contributed by atoms with Crippen LogP contribution in [0.25, 0.3) is 0 Å². The summed E-state index contributed by atoms with van der Waals surface area (Å²) in [6.45, 7) is 6.16. The molecule has 1 atom stereocenters. The molecule has 1 aromatic heterocycles. The Labute approximate surface area is 96.9 Å². The summed E-state index contributed by atoms with van der Waals surface area (Å²) in [4.78, 5) is 11.3. The number of rotatable bonds is 3. The van der Waals surface area contributed by atoms with Crippen LogP contribution < -0.4 is 10.6 Å². The van der Waals surface area contributed by atoms with Crippen molar-refractivity contribution < 1.29 is 0 Å². The van der Waals surface area contributed by atoms with Crippen LogP contribution in [0.2, 0.25) is 0 Å². The lowest BCUT2D eigenvalue weighted by Gasteiger charge is -2.23. The Kier molecular flexibility index (Phi) is 3.39. The van der Waals surface area contributed by atoms with Gasteiger partial charge < -0.3 is 10.6 Å². The Bertz CT molecular complexity index is 360. The van der Waals surface area contributed by atoms with E-state index in [-0.39, 0.29) is 6.04 Å². The van der Waals surface area contributed by atoms with Crippen LogP contribution in [-0.2, 0) is 12.8 Å². The lowest BCUT2D eigenvalue weighted by Crippen LogP contribution is -2.30. The zero-order chi connectivity index (χ0) is 11.5. The number of nitrogens with zero attached hydrogens (tertiary/aromatic N) is 3. The second-order valence-electron chi connectivity index (χ2n) is 4.32. The van der Waals surface area contributed by atoms with Crippen molar-refractivity contribution in [3.63, 3.8) is 0 Å². The Balaban J connectivity index is 2.25. The third-order valence-electron chi connectivity index (χ3n) is 3.22. The summed E-state index contributed by atoms with van der Waals surface area (Å²) in [5, 5.41) is 0. The lowest BCUT2D eigenvalue weighted by molar-refractivity contribution is 0.562. The van der Waals surface area contributed by atoms with Crippen LogP contribution in [0.15, 0.2) is 6.20 Å². The standard InChI is InChI=1S/C12H20N4/c1-3-16(4-2)12-14-8-9-7-10(13)5-6-11(9)15-12/h8,10H,3-7,13H2,1-2H3/t10-/m1/s1. The van der Waals surface area contributed by atoms with Gasteiger partial charge in [0, 0.05) is 31.0 Å². The molecule has 88 valence electrons. The van der Waals surface area contributed by atoms with Gasteiger partial charge in [-0.15, -0.1) is 0 Å². The third kappa shape index (κ3) is 2.16. The SMILES string of the molecule is CCN(CC)c1ncc2c(n1)CC[C@@H](N)C2. The van der Waals surface area contributed by atoms with Crippen LogP contribution in [0.5, 0.6) is 0 Å². The van der Waals surface area contributed by atoms with Crippen molar-refractivity contribution in [3.8, 4) is 0 Å². The first kappa shape index (κ1) is 11.3. The smallest absolute Gasteiger partial charge is 0.225 e. The van der Waals surface area contributed by atoms with Crippen molar-refractivity contribution in [1.29, 1.82) is 0 Å². The molecular weight excluding hydrogens is 200 g/mol. The van der Waals surface area contributed by atoms with Gasteiger partial charge in [-0.05, 0) is 38.7 Å². The van der Waals surface area contributed by atoms with Crippen molar-refractivity contribution in [1.82, 2.24) is 9.97 Å². The van der Waals surface area contributed by atoms with E-state index in [1.165, 1.54) is 11.3 Å². The van der Waals surface area contributed by atoms with E-state index < -0.39 is 0 Å². The van der Waals surface area contributed by atoms with Crippen molar-refractivity contribution >= 4 is 5.95 Å². The van der Waals surface area contributed by atoms with E-state index in [1.807, 2.05) is 6.20 Å². The second kappa shape index (κ2) is 4.78. The van der Waals surface area contributed by atoms with Crippen molar-refractivity contribution in [2.45, 2.75) is 39.2 Å². The maximum Gasteiger partial charge on any atom is 0.225 e. The summed E-state index contributed by atoms with van der Waals surface area (Å²) in [7, 11) is 0. The van der Waals surface area contributed by atoms with Gasteiger partial charge in [0.05, 0.1) is 0 Å². The molecule has 0 spiro atoms. The largest absolute Gasteiger partial charge is 0.341 e. The van der Waals surface area contributed by atoms with Crippen LogP contribution in [0.3, 0.4) is 0 Å². The molecule has 1 aromatic rings. The highest BCUT2D eigenvalue weighted by Gasteiger charge is 2.18. The summed E-state index contributed by atoms with van der Waals surface area (Å²) >= 11 is 0. The first-order valence-electron chi connectivity index (χ1n) is 6.09. The zero-order valence-corrected chi connectivity index (χ0v) is 10.1. The molecule has 2 rings (SSSR count). The van der Waals surface area contributed by atoms with Gasteiger partial charge in [0.15, 0.2) is 0 Å². The summed E-state index contributed by atoms with van der Waals surface area (Å²) < 4.78 is 0. The first-order valence-corrected chi connectivity index (χ1v) is 6.09. The third-order valence-corrected chi connectivity index (χ3v) is 3.22. The minimum atomic E-state index is 0.287. The summed E-state index contributed by atoms with van der Waals surface area (Å²) in [5.74, 6) is 0.860. The van der Waals surface area contributed by atoms with E-state index in [0.717, 1.165) is 38.3 Å². The first-order chi connectivity index (χ1) is 7.74. The van der Waals surface area contributed by atoms with Crippen LogP contribution in [0.4, 0.5) is 5.95 Å². The molecule has 4 heteroatoms. The molecule has 0 saturated carbocycles. The van der Waals surface area contributed by atoms with E-state index in [4.69, 9.17) is 5.73 Å². The number of hydrogen-bond acceptors (Lipinski definition) is 4. The summed E-state index contributed by atoms with van der Waals surface area (Å²) in [6, 6.07) is 0.287. The molecule has 2 N–H and O–H groups in total. The molecule has 0 aromatic carbocycles. The van der Waals surface area contributed by atoms with E-state index in [1.54, 1.807) is 0 Å². The van der Waals surface area contributed by atoms with E-state index in [2.05, 4.69) is 28.7 Å². The van der Waals surface area contributed by atoms with E-state index >= 15 is 0 Å². The predicted octanol–water partition coefficient (Wildman–Crippen LogP) is 1.14. The highest BCUT2D eigenvalue weighted by Crippen LogP contribution is 2.20.